The van der Waals surface area contributed by atoms with Crippen LogP contribution in [0.2, 0.25) is 0 Å². The van der Waals surface area contributed by atoms with E-state index in [1.165, 1.54) is 115 Å². The van der Waals surface area contributed by atoms with Crippen molar-refractivity contribution in [3.05, 3.63) is 35.4 Å². The van der Waals surface area contributed by atoms with Crippen LogP contribution < -0.4 is 0 Å². The summed E-state index contributed by atoms with van der Waals surface area (Å²) < 4.78 is 0. The molecule has 2 saturated carbocycles. The third-order valence-electron chi connectivity index (χ3n) is 8.78. The number of unbranched alkanes of at least 4 members (excludes halogenated alkanes) is 4. The summed E-state index contributed by atoms with van der Waals surface area (Å²) in [4.78, 5) is 0. The van der Waals surface area contributed by atoms with Gasteiger partial charge in [0, 0.05) is 5.92 Å². The minimum Gasteiger partial charge on any atom is -0.198 e. The highest BCUT2D eigenvalue weighted by Gasteiger charge is 2.31. The third kappa shape index (κ3) is 7.93. The molecular weight excluding hydrogens is 386 g/mol. The second-order valence-electron chi connectivity index (χ2n) is 11.2. The van der Waals surface area contributed by atoms with Crippen LogP contribution in [0.4, 0.5) is 0 Å². The molecule has 0 aliphatic heterocycles. The predicted octanol–water partition coefficient (Wildman–Crippen LogP) is 9.61. The van der Waals surface area contributed by atoms with Gasteiger partial charge >= 0.3 is 0 Å². The van der Waals surface area contributed by atoms with Crippen LogP contribution in [0, 0.1) is 35.0 Å². The van der Waals surface area contributed by atoms with Gasteiger partial charge in [-0.3, -0.25) is 0 Å². The van der Waals surface area contributed by atoms with Crippen molar-refractivity contribution in [2.24, 2.45) is 23.7 Å². The van der Waals surface area contributed by atoms with E-state index in [1.807, 2.05) is 0 Å². The molecule has 0 bridgehead atoms. The quantitative estimate of drug-likeness (QED) is 0.300. The number of nitrogens with zero attached hydrogens (tertiary/aromatic N) is 1. The summed E-state index contributed by atoms with van der Waals surface area (Å²) in [5.41, 5.74) is 3.08. The van der Waals surface area contributed by atoms with Gasteiger partial charge in [-0.1, -0.05) is 89.5 Å². The lowest BCUT2D eigenvalue weighted by Gasteiger charge is -2.34. The van der Waals surface area contributed by atoms with Crippen molar-refractivity contribution in [2.75, 3.05) is 0 Å². The molecule has 0 aromatic heterocycles. The van der Waals surface area contributed by atoms with Crippen LogP contribution in [-0.4, -0.2) is 0 Å². The van der Waals surface area contributed by atoms with Crippen LogP contribution in [-0.2, 0) is 6.42 Å². The highest BCUT2D eigenvalue weighted by molar-refractivity contribution is 5.26. The Hall–Kier alpha value is -1.29. The average Bonchev–Trinajstić information content (AvgIpc) is 2.84. The van der Waals surface area contributed by atoms with Gasteiger partial charge in [0.15, 0.2) is 0 Å². The Morgan fingerprint density at radius 3 is 2.06 bits per heavy atom. The monoisotopic (exact) mass is 435 g/mol. The van der Waals surface area contributed by atoms with E-state index in [4.69, 9.17) is 0 Å². The zero-order valence-corrected chi connectivity index (χ0v) is 21.2. The van der Waals surface area contributed by atoms with E-state index in [0.717, 1.165) is 17.8 Å². The van der Waals surface area contributed by atoms with E-state index in [2.05, 4.69) is 44.2 Å². The molecule has 1 aromatic carbocycles. The molecule has 3 rings (SSSR count). The minimum absolute atomic E-state index is 0.315. The highest BCUT2D eigenvalue weighted by Crippen LogP contribution is 2.42. The van der Waals surface area contributed by atoms with Crippen molar-refractivity contribution < 1.29 is 0 Å². The number of nitriles is 1. The standard InChI is InChI=1S/C31H49N/c1-3-5-6-7-8-10-26-13-17-28(18-14-26)29-21-15-27(16-22-29)23-31(24-32)30-19-11-25(9-4-2)12-20-30/h13-14,17-18,25,27,29-31H,3-12,15-16,19-23H2,1-2H3/t25-,27-,29-,30-,31?. The van der Waals surface area contributed by atoms with Gasteiger partial charge in [-0.05, 0) is 92.6 Å². The molecule has 0 heterocycles. The van der Waals surface area contributed by atoms with Crippen LogP contribution in [0.1, 0.15) is 134 Å². The maximum absolute atomic E-state index is 9.89. The molecule has 0 spiro atoms. The Morgan fingerprint density at radius 2 is 1.44 bits per heavy atom. The first kappa shape index (κ1) is 25.3. The molecule has 0 amide bonds. The summed E-state index contributed by atoms with van der Waals surface area (Å²) in [6.45, 7) is 4.59. The van der Waals surface area contributed by atoms with E-state index in [1.54, 1.807) is 5.56 Å². The molecule has 2 aliphatic carbocycles. The number of hydrogen-bond donors (Lipinski definition) is 0. The first-order valence-corrected chi connectivity index (χ1v) is 14.2. The van der Waals surface area contributed by atoms with Gasteiger partial charge in [0.2, 0.25) is 0 Å². The first-order valence-electron chi connectivity index (χ1n) is 14.2. The van der Waals surface area contributed by atoms with Crippen LogP contribution >= 0.6 is 0 Å². The zero-order valence-electron chi connectivity index (χ0n) is 21.2. The average molecular weight is 436 g/mol. The Morgan fingerprint density at radius 1 is 0.781 bits per heavy atom. The van der Waals surface area contributed by atoms with Crippen molar-refractivity contribution in [1.82, 2.24) is 0 Å². The lowest BCUT2D eigenvalue weighted by molar-refractivity contribution is 0.189. The highest BCUT2D eigenvalue weighted by atomic mass is 14.4. The molecule has 32 heavy (non-hydrogen) atoms. The van der Waals surface area contributed by atoms with Crippen molar-refractivity contribution >= 4 is 0 Å². The molecule has 0 radical (unpaired) electrons. The van der Waals surface area contributed by atoms with Gasteiger partial charge < -0.3 is 0 Å². The van der Waals surface area contributed by atoms with Gasteiger partial charge in [-0.15, -0.1) is 0 Å². The van der Waals surface area contributed by atoms with Crippen LogP contribution in [0.5, 0.6) is 0 Å². The molecule has 1 atom stereocenters. The summed E-state index contributed by atoms with van der Waals surface area (Å²) in [6, 6.07) is 12.4. The Bertz CT molecular complexity index is 653. The van der Waals surface area contributed by atoms with E-state index in [0.29, 0.717) is 11.8 Å². The number of hydrogen-bond acceptors (Lipinski definition) is 1. The van der Waals surface area contributed by atoms with Crippen molar-refractivity contribution in [3.8, 4) is 6.07 Å². The molecule has 0 N–H and O–H groups in total. The van der Waals surface area contributed by atoms with Crippen molar-refractivity contribution in [2.45, 2.75) is 129 Å². The van der Waals surface area contributed by atoms with Crippen molar-refractivity contribution in [1.29, 1.82) is 5.26 Å². The van der Waals surface area contributed by atoms with Crippen LogP contribution in [0.25, 0.3) is 0 Å². The molecule has 1 aromatic rings. The van der Waals surface area contributed by atoms with Gasteiger partial charge in [0.25, 0.3) is 0 Å². The second-order valence-corrected chi connectivity index (χ2v) is 11.2. The molecule has 1 nitrogen and oxygen atoms in total. The Labute approximate surface area is 199 Å². The fourth-order valence-electron chi connectivity index (χ4n) is 6.62. The SMILES string of the molecule is CCCCCCCc1ccc([C@H]2CC[C@H](CC(C#N)[C@H]3CC[C@H](CCC)CC3)CC2)cc1. The van der Waals surface area contributed by atoms with Gasteiger partial charge in [0.05, 0.1) is 6.07 Å². The lowest BCUT2D eigenvalue weighted by atomic mass is 9.70. The number of rotatable bonds is 12. The smallest absolute Gasteiger partial charge is 0.0658 e. The fourth-order valence-corrected chi connectivity index (χ4v) is 6.62. The van der Waals surface area contributed by atoms with Gasteiger partial charge in [-0.25, -0.2) is 0 Å². The largest absolute Gasteiger partial charge is 0.198 e. The fraction of sp³-hybridized carbons (Fsp3) is 0.774. The van der Waals surface area contributed by atoms with Gasteiger partial charge in [0.1, 0.15) is 0 Å². The normalized spacial score (nSPS) is 27.0. The third-order valence-corrected chi connectivity index (χ3v) is 8.78. The molecule has 1 unspecified atom stereocenters. The summed E-state index contributed by atoms with van der Waals surface area (Å²) in [7, 11) is 0. The molecule has 178 valence electrons. The number of benzene rings is 1. The summed E-state index contributed by atoms with van der Waals surface area (Å²) in [6.07, 6.45) is 22.6. The van der Waals surface area contributed by atoms with Crippen LogP contribution in [0.3, 0.4) is 0 Å². The van der Waals surface area contributed by atoms with E-state index >= 15 is 0 Å². The van der Waals surface area contributed by atoms with E-state index < -0.39 is 0 Å². The van der Waals surface area contributed by atoms with E-state index in [-0.39, 0.29) is 0 Å². The van der Waals surface area contributed by atoms with Crippen molar-refractivity contribution in [3.63, 3.8) is 0 Å². The summed E-state index contributed by atoms with van der Waals surface area (Å²) in [5, 5.41) is 9.89. The molecule has 0 saturated heterocycles. The summed E-state index contributed by atoms with van der Waals surface area (Å²) in [5.74, 6) is 3.47. The Balaban J connectivity index is 1.38. The second kappa shape index (κ2) is 14.1. The minimum atomic E-state index is 0.315. The molecular formula is C31H49N. The number of aryl methyl sites for hydroxylation is 1. The summed E-state index contributed by atoms with van der Waals surface area (Å²) >= 11 is 0. The molecule has 2 fully saturated rings. The molecule has 1 heteroatoms. The lowest BCUT2D eigenvalue weighted by Crippen LogP contribution is -2.24. The molecule has 2 aliphatic rings. The maximum Gasteiger partial charge on any atom is 0.0658 e. The maximum atomic E-state index is 9.89. The topological polar surface area (TPSA) is 23.8 Å². The Kier molecular flexibility index (Phi) is 11.1. The predicted molar refractivity (Wildman–Crippen MR) is 138 cm³/mol. The first-order chi connectivity index (χ1) is 15.7. The van der Waals surface area contributed by atoms with E-state index in [9.17, 15) is 5.26 Å². The zero-order chi connectivity index (χ0) is 22.6. The van der Waals surface area contributed by atoms with Gasteiger partial charge in [-0.2, -0.15) is 5.26 Å². The van der Waals surface area contributed by atoms with Crippen LogP contribution in [0.15, 0.2) is 24.3 Å².